The number of nitrogens with one attached hydrogen (secondary N) is 1. The van der Waals surface area contributed by atoms with Gasteiger partial charge in [-0.2, -0.15) is 0 Å². The van der Waals surface area contributed by atoms with E-state index in [2.05, 4.69) is 21.2 Å². The largest absolute Gasteiger partial charge is 0.396 e. The summed E-state index contributed by atoms with van der Waals surface area (Å²) in [4.78, 5) is 13.3. The van der Waals surface area contributed by atoms with Gasteiger partial charge in [0, 0.05) is 31.6 Å². The molecule has 0 aliphatic carbocycles. The summed E-state index contributed by atoms with van der Waals surface area (Å²) in [6.07, 6.45) is 16.5. The maximum atomic E-state index is 6.36. The van der Waals surface area contributed by atoms with Crippen LogP contribution in [0.5, 0.6) is 0 Å². The predicted octanol–water partition coefficient (Wildman–Crippen LogP) is 2.59. The molecule has 8 heteroatoms. The Labute approximate surface area is 188 Å². The number of allylic oxidation sites excluding steroid dienone is 2. The smallest absolute Gasteiger partial charge is 0.166 e. The number of nitrogens with two attached hydrogens (primary N) is 2. The van der Waals surface area contributed by atoms with Crippen LogP contribution in [-0.4, -0.2) is 49.5 Å². The summed E-state index contributed by atoms with van der Waals surface area (Å²) in [6.45, 7) is 2.18. The Morgan fingerprint density at radius 2 is 2.25 bits per heavy atom. The first kappa shape index (κ1) is 22.7. The number of anilines is 3. The molecular weight excluding hydrogens is 402 g/mol. The second kappa shape index (κ2) is 11.5. The standard InChI is InChI=1S/C24H27N7O/c1-3-5-19(14-18-6-4-10-27-16-18)17-31(26)24-21(25)7-8-22(30-24)20-9-11-28-23(15-20)29-12-13-32-2/h1,4-11,14-15H,12-13,16-17,25-26H2,2H3,(H,28,29). The van der Waals surface area contributed by atoms with Crippen molar-refractivity contribution in [3.05, 3.63) is 65.9 Å². The van der Waals surface area contributed by atoms with Crippen molar-refractivity contribution in [3.8, 4) is 23.6 Å². The monoisotopic (exact) mass is 429 g/mol. The van der Waals surface area contributed by atoms with Gasteiger partial charge in [0.1, 0.15) is 5.82 Å². The molecular formula is C24H27N7O. The minimum atomic E-state index is 0.339. The fourth-order valence-corrected chi connectivity index (χ4v) is 3.10. The maximum absolute atomic E-state index is 6.36. The molecule has 0 saturated heterocycles. The van der Waals surface area contributed by atoms with E-state index in [-0.39, 0.29) is 0 Å². The quantitative estimate of drug-likeness (QED) is 0.243. The van der Waals surface area contributed by atoms with Crippen LogP contribution < -0.4 is 21.9 Å². The minimum absolute atomic E-state index is 0.339. The molecule has 5 N–H and O–H groups in total. The number of aromatic nitrogens is 2. The number of aliphatic imine (C=N–C) groups is 1. The fourth-order valence-electron chi connectivity index (χ4n) is 3.10. The number of hydrazine groups is 1. The molecule has 0 unspecified atom stereocenters. The molecule has 164 valence electrons. The fraction of sp³-hybridized carbons (Fsp3) is 0.208. The van der Waals surface area contributed by atoms with Crippen LogP contribution >= 0.6 is 0 Å². The molecule has 0 saturated carbocycles. The average Bonchev–Trinajstić information content (AvgIpc) is 2.80. The molecule has 0 atom stereocenters. The van der Waals surface area contributed by atoms with Gasteiger partial charge in [0.25, 0.3) is 0 Å². The highest BCUT2D eigenvalue weighted by atomic mass is 16.5. The van der Waals surface area contributed by atoms with E-state index >= 15 is 0 Å². The number of rotatable bonds is 9. The summed E-state index contributed by atoms with van der Waals surface area (Å²) in [6, 6.07) is 7.45. The lowest BCUT2D eigenvalue weighted by Gasteiger charge is -2.21. The lowest BCUT2D eigenvalue weighted by Crippen LogP contribution is -2.34. The Morgan fingerprint density at radius 1 is 1.38 bits per heavy atom. The van der Waals surface area contributed by atoms with E-state index in [1.54, 1.807) is 31.7 Å². The normalized spacial score (nSPS) is 14.4. The first-order valence-electron chi connectivity index (χ1n) is 10.1. The van der Waals surface area contributed by atoms with Crippen LogP contribution in [0.25, 0.3) is 11.3 Å². The van der Waals surface area contributed by atoms with Crippen LogP contribution in [0.15, 0.2) is 70.9 Å². The Bertz CT molecular complexity index is 1100. The summed E-state index contributed by atoms with van der Waals surface area (Å²) in [5.74, 6) is 10.1. The van der Waals surface area contributed by atoms with Crippen molar-refractivity contribution in [1.29, 1.82) is 0 Å². The summed E-state index contributed by atoms with van der Waals surface area (Å²) < 4.78 is 5.06. The van der Waals surface area contributed by atoms with Crippen LogP contribution in [0.3, 0.4) is 0 Å². The molecule has 0 bridgehead atoms. The number of nitrogens with zero attached hydrogens (tertiary/aromatic N) is 4. The molecule has 0 radical (unpaired) electrons. The molecule has 32 heavy (non-hydrogen) atoms. The predicted molar refractivity (Wildman–Crippen MR) is 131 cm³/mol. The number of terminal acetylenes is 1. The van der Waals surface area contributed by atoms with Crippen LogP contribution in [0.2, 0.25) is 0 Å². The van der Waals surface area contributed by atoms with Crippen LogP contribution in [0, 0.1) is 12.3 Å². The molecule has 1 aliphatic heterocycles. The lowest BCUT2D eigenvalue weighted by molar-refractivity contribution is 0.210. The number of dihydropyridines is 1. The van der Waals surface area contributed by atoms with Crippen molar-refractivity contribution in [2.45, 2.75) is 0 Å². The van der Waals surface area contributed by atoms with Gasteiger partial charge in [-0.1, -0.05) is 18.1 Å². The molecule has 0 fully saturated rings. The van der Waals surface area contributed by atoms with E-state index in [4.69, 9.17) is 27.7 Å². The van der Waals surface area contributed by atoms with Crippen molar-refractivity contribution in [2.24, 2.45) is 10.8 Å². The van der Waals surface area contributed by atoms with Crippen LogP contribution in [0.4, 0.5) is 17.3 Å². The molecule has 2 aromatic heterocycles. The van der Waals surface area contributed by atoms with Gasteiger partial charge in [-0.15, -0.1) is 6.42 Å². The van der Waals surface area contributed by atoms with Crippen LogP contribution in [-0.2, 0) is 4.74 Å². The molecule has 0 amide bonds. The summed E-state index contributed by atoms with van der Waals surface area (Å²) in [5, 5.41) is 4.71. The molecule has 1 aliphatic rings. The third-order valence-corrected chi connectivity index (χ3v) is 4.61. The van der Waals surface area contributed by atoms with Crippen molar-refractivity contribution in [3.63, 3.8) is 0 Å². The van der Waals surface area contributed by atoms with E-state index in [9.17, 15) is 0 Å². The third-order valence-electron chi connectivity index (χ3n) is 4.61. The number of methoxy groups -OCH3 is 1. The van der Waals surface area contributed by atoms with E-state index in [0.717, 1.165) is 28.2 Å². The zero-order valence-corrected chi connectivity index (χ0v) is 18.0. The highest BCUT2D eigenvalue weighted by Gasteiger charge is 2.12. The molecule has 0 spiro atoms. The van der Waals surface area contributed by atoms with E-state index in [1.165, 1.54) is 5.01 Å². The summed E-state index contributed by atoms with van der Waals surface area (Å²) in [5.41, 5.74) is 10.2. The first-order valence-corrected chi connectivity index (χ1v) is 10.1. The van der Waals surface area contributed by atoms with Crippen LogP contribution in [0.1, 0.15) is 0 Å². The zero-order valence-electron chi connectivity index (χ0n) is 18.0. The Hall–Kier alpha value is -3.93. The number of hydrogen-bond acceptors (Lipinski definition) is 8. The minimum Gasteiger partial charge on any atom is -0.396 e. The van der Waals surface area contributed by atoms with E-state index in [1.807, 2.05) is 36.4 Å². The first-order chi connectivity index (χ1) is 15.6. The third kappa shape index (κ3) is 6.28. The van der Waals surface area contributed by atoms with Gasteiger partial charge in [-0.25, -0.2) is 15.8 Å². The van der Waals surface area contributed by atoms with Crippen molar-refractivity contribution in [2.75, 3.05) is 49.4 Å². The van der Waals surface area contributed by atoms with Gasteiger partial charge in [0.2, 0.25) is 0 Å². The Balaban J connectivity index is 1.81. The zero-order chi connectivity index (χ0) is 22.8. The summed E-state index contributed by atoms with van der Waals surface area (Å²) in [7, 11) is 1.66. The highest BCUT2D eigenvalue weighted by molar-refractivity contribution is 5.74. The van der Waals surface area contributed by atoms with Crippen molar-refractivity contribution < 1.29 is 4.74 Å². The number of nitrogen functional groups attached to an aromatic ring is 1. The lowest BCUT2D eigenvalue weighted by atomic mass is 10.1. The second-order valence-electron chi connectivity index (χ2n) is 7.04. The van der Waals surface area contributed by atoms with E-state index in [0.29, 0.717) is 37.7 Å². The topological polar surface area (TPSA) is 115 Å². The van der Waals surface area contributed by atoms with Gasteiger partial charge < -0.3 is 15.8 Å². The van der Waals surface area contributed by atoms with Gasteiger partial charge >= 0.3 is 0 Å². The molecule has 2 aromatic rings. The van der Waals surface area contributed by atoms with Gasteiger partial charge in [-0.05, 0) is 47.6 Å². The molecule has 3 rings (SSSR count). The van der Waals surface area contributed by atoms with Gasteiger partial charge in [-0.3, -0.25) is 10.0 Å². The molecule has 3 heterocycles. The average molecular weight is 430 g/mol. The van der Waals surface area contributed by atoms with Gasteiger partial charge in [0.05, 0.1) is 31.1 Å². The van der Waals surface area contributed by atoms with Crippen molar-refractivity contribution >= 4 is 23.5 Å². The van der Waals surface area contributed by atoms with Gasteiger partial charge in [0.15, 0.2) is 5.82 Å². The second-order valence-corrected chi connectivity index (χ2v) is 7.04. The SMILES string of the molecule is C#CC=C(C=C1C=CC=NC1)CN(N)c1nc(-c2ccnc(NCCOC)c2)ccc1N. The van der Waals surface area contributed by atoms with E-state index < -0.39 is 0 Å². The highest BCUT2D eigenvalue weighted by Crippen LogP contribution is 2.26. The maximum Gasteiger partial charge on any atom is 0.166 e. The Morgan fingerprint density at radius 3 is 3.00 bits per heavy atom. The number of ether oxygens (including phenoxy) is 1. The Kier molecular flexibility index (Phi) is 8.15. The molecule has 8 nitrogen and oxygen atoms in total. The van der Waals surface area contributed by atoms with Crippen molar-refractivity contribution in [1.82, 2.24) is 9.97 Å². The molecule has 0 aromatic carbocycles. The number of hydrogen-bond donors (Lipinski definition) is 3. The summed E-state index contributed by atoms with van der Waals surface area (Å²) >= 11 is 0. The number of pyridine rings is 2.